The number of ether oxygens (including phenoxy) is 1. The van der Waals surface area contributed by atoms with Gasteiger partial charge in [-0.05, 0) is 37.3 Å². The van der Waals surface area contributed by atoms with E-state index in [4.69, 9.17) is 4.74 Å². The lowest BCUT2D eigenvalue weighted by Gasteiger charge is -2.26. The highest BCUT2D eigenvalue weighted by atomic mass is 16.5. The minimum Gasteiger partial charge on any atom is -0.483 e. The molecule has 3 aromatic rings. The molecule has 1 amide bonds. The van der Waals surface area contributed by atoms with E-state index < -0.39 is 0 Å². The number of hydrogen-bond acceptors (Lipinski definition) is 2. The second kappa shape index (κ2) is 7.39. The van der Waals surface area contributed by atoms with Gasteiger partial charge >= 0.3 is 0 Å². The molecule has 3 aromatic carbocycles. The molecule has 0 saturated carbocycles. The second-order valence-electron chi connectivity index (χ2n) is 6.86. The third-order valence-electron chi connectivity index (χ3n) is 4.08. The highest BCUT2D eigenvalue weighted by molar-refractivity contribution is 5.88. The van der Waals surface area contributed by atoms with Crippen molar-refractivity contribution in [3.8, 4) is 5.75 Å². The number of fused-ring (bicyclic) bond motifs is 1. The quantitative estimate of drug-likeness (QED) is 0.728. The zero-order valence-corrected chi connectivity index (χ0v) is 14.7. The smallest absolute Gasteiger partial charge is 0.258 e. The lowest BCUT2D eigenvalue weighted by atomic mass is 9.95. The minimum absolute atomic E-state index is 0.00618. The van der Waals surface area contributed by atoms with Gasteiger partial charge in [-0.15, -0.1) is 0 Å². The first-order chi connectivity index (χ1) is 12.0. The van der Waals surface area contributed by atoms with Crippen LogP contribution in [0.1, 0.15) is 19.4 Å². The van der Waals surface area contributed by atoms with Gasteiger partial charge in [-0.25, -0.2) is 0 Å². The molecule has 0 aliphatic heterocycles. The molecule has 1 N–H and O–H groups in total. The van der Waals surface area contributed by atoms with Gasteiger partial charge in [0.2, 0.25) is 0 Å². The number of amides is 1. The lowest BCUT2D eigenvalue weighted by molar-refractivity contribution is -0.124. The number of rotatable bonds is 6. The monoisotopic (exact) mass is 333 g/mol. The van der Waals surface area contributed by atoms with Gasteiger partial charge in [0.05, 0.1) is 0 Å². The zero-order chi connectivity index (χ0) is 17.7. The molecule has 0 unspecified atom stereocenters. The van der Waals surface area contributed by atoms with Gasteiger partial charge in [0.15, 0.2) is 6.61 Å². The van der Waals surface area contributed by atoms with Crippen LogP contribution in [0.2, 0.25) is 0 Å². The normalized spacial score (nSPS) is 11.3. The first kappa shape index (κ1) is 17.0. The molecule has 0 heterocycles. The fourth-order valence-corrected chi connectivity index (χ4v) is 3.03. The van der Waals surface area contributed by atoms with Gasteiger partial charge in [0, 0.05) is 10.9 Å². The fourth-order valence-electron chi connectivity index (χ4n) is 3.03. The summed E-state index contributed by atoms with van der Waals surface area (Å²) in [6, 6.07) is 24.0. The Kier molecular flexibility index (Phi) is 5.03. The summed E-state index contributed by atoms with van der Waals surface area (Å²) in [4.78, 5) is 12.3. The molecule has 0 aliphatic rings. The van der Waals surface area contributed by atoms with Crippen LogP contribution >= 0.6 is 0 Å². The van der Waals surface area contributed by atoms with Gasteiger partial charge in [0.25, 0.3) is 5.91 Å². The fraction of sp³-hybridized carbons (Fsp3) is 0.227. The Morgan fingerprint density at radius 3 is 2.40 bits per heavy atom. The molecular formula is C22H23NO2. The maximum atomic E-state index is 12.3. The van der Waals surface area contributed by atoms with Crippen molar-refractivity contribution >= 4 is 16.7 Å². The molecule has 0 saturated heterocycles. The predicted molar refractivity (Wildman–Crippen MR) is 102 cm³/mol. The predicted octanol–water partition coefficient (Wildman–Crippen LogP) is 4.36. The molecule has 0 bridgehead atoms. The number of hydrogen-bond donors (Lipinski definition) is 1. The molecule has 0 spiro atoms. The Morgan fingerprint density at radius 2 is 1.60 bits per heavy atom. The van der Waals surface area contributed by atoms with E-state index in [1.54, 1.807) is 0 Å². The van der Waals surface area contributed by atoms with Crippen LogP contribution < -0.4 is 10.1 Å². The summed E-state index contributed by atoms with van der Waals surface area (Å²) in [7, 11) is 0. The van der Waals surface area contributed by atoms with E-state index in [1.165, 1.54) is 5.56 Å². The first-order valence-electron chi connectivity index (χ1n) is 8.49. The lowest BCUT2D eigenvalue weighted by Crippen LogP contribution is -2.47. The molecule has 25 heavy (non-hydrogen) atoms. The maximum Gasteiger partial charge on any atom is 0.258 e. The van der Waals surface area contributed by atoms with E-state index in [1.807, 2.05) is 74.5 Å². The minimum atomic E-state index is -0.333. The Bertz CT molecular complexity index is 851. The van der Waals surface area contributed by atoms with Crippen molar-refractivity contribution < 1.29 is 9.53 Å². The zero-order valence-electron chi connectivity index (χ0n) is 14.7. The number of benzene rings is 3. The molecule has 0 atom stereocenters. The van der Waals surface area contributed by atoms with Crippen LogP contribution in [-0.4, -0.2) is 18.1 Å². The Hall–Kier alpha value is -2.81. The first-order valence-corrected chi connectivity index (χ1v) is 8.49. The van der Waals surface area contributed by atoms with Crippen molar-refractivity contribution in [2.45, 2.75) is 25.8 Å². The van der Waals surface area contributed by atoms with Crippen LogP contribution in [0.3, 0.4) is 0 Å². The molecule has 0 fully saturated rings. The Morgan fingerprint density at radius 1 is 0.920 bits per heavy atom. The van der Waals surface area contributed by atoms with Crippen molar-refractivity contribution in [2.24, 2.45) is 0 Å². The maximum absolute atomic E-state index is 12.3. The van der Waals surface area contributed by atoms with Crippen molar-refractivity contribution in [3.63, 3.8) is 0 Å². The highest BCUT2D eigenvalue weighted by Crippen LogP contribution is 2.25. The molecule has 128 valence electrons. The second-order valence-corrected chi connectivity index (χ2v) is 6.86. The third-order valence-corrected chi connectivity index (χ3v) is 4.08. The van der Waals surface area contributed by atoms with Crippen LogP contribution in [0.25, 0.3) is 10.8 Å². The van der Waals surface area contributed by atoms with Crippen LogP contribution in [0, 0.1) is 0 Å². The summed E-state index contributed by atoms with van der Waals surface area (Å²) < 4.78 is 5.77. The van der Waals surface area contributed by atoms with Gasteiger partial charge in [-0.2, -0.15) is 0 Å². The van der Waals surface area contributed by atoms with Gasteiger partial charge in [-0.3, -0.25) is 4.79 Å². The summed E-state index contributed by atoms with van der Waals surface area (Å²) in [5, 5.41) is 5.18. The van der Waals surface area contributed by atoms with Crippen molar-refractivity contribution in [2.75, 3.05) is 6.61 Å². The van der Waals surface area contributed by atoms with Gasteiger partial charge in [-0.1, -0.05) is 66.7 Å². The van der Waals surface area contributed by atoms with Gasteiger partial charge in [0.1, 0.15) is 5.75 Å². The van der Waals surface area contributed by atoms with Crippen molar-refractivity contribution in [1.29, 1.82) is 0 Å². The Labute approximate surface area is 148 Å². The molecule has 3 nitrogen and oxygen atoms in total. The topological polar surface area (TPSA) is 38.3 Å². The third kappa shape index (κ3) is 4.60. The molecular weight excluding hydrogens is 310 g/mol. The Balaban J connectivity index is 1.60. The number of carbonyl (C=O) groups excluding carboxylic acids is 1. The molecule has 3 heteroatoms. The standard InChI is InChI=1S/C22H23NO2/c1-22(2,15-17-9-4-3-5-10-17)23-21(24)16-25-20-14-8-12-18-11-6-7-13-19(18)20/h3-14H,15-16H2,1-2H3,(H,23,24). The molecule has 0 aliphatic carbocycles. The van der Waals surface area contributed by atoms with Crippen LogP contribution in [0.4, 0.5) is 0 Å². The van der Waals surface area contributed by atoms with E-state index >= 15 is 0 Å². The highest BCUT2D eigenvalue weighted by Gasteiger charge is 2.21. The molecule has 0 radical (unpaired) electrons. The van der Waals surface area contributed by atoms with Crippen LogP contribution in [0.15, 0.2) is 72.8 Å². The molecule has 3 rings (SSSR count). The summed E-state index contributed by atoms with van der Waals surface area (Å²) in [5.74, 6) is 0.614. The average Bonchev–Trinajstić information content (AvgIpc) is 2.60. The van der Waals surface area contributed by atoms with E-state index in [0.29, 0.717) is 0 Å². The van der Waals surface area contributed by atoms with E-state index in [2.05, 4.69) is 17.4 Å². The average molecular weight is 333 g/mol. The summed E-state index contributed by atoms with van der Waals surface area (Å²) in [6.45, 7) is 4.05. The summed E-state index contributed by atoms with van der Waals surface area (Å²) in [6.07, 6.45) is 0.772. The van der Waals surface area contributed by atoms with Crippen molar-refractivity contribution in [1.82, 2.24) is 5.32 Å². The number of carbonyl (C=O) groups is 1. The molecule has 0 aromatic heterocycles. The van der Waals surface area contributed by atoms with Crippen LogP contribution in [0.5, 0.6) is 5.75 Å². The van der Waals surface area contributed by atoms with E-state index in [9.17, 15) is 4.79 Å². The van der Waals surface area contributed by atoms with Crippen molar-refractivity contribution in [3.05, 3.63) is 78.4 Å². The van der Waals surface area contributed by atoms with E-state index in [0.717, 1.165) is 22.9 Å². The van der Waals surface area contributed by atoms with E-state index in [-0.39, 0.29) is 18.1 Å². The summed E-state index contributed by atoms with van der Waals surface area (Å²) >= 11 is 0. The SMILES string of the molecule is CC(C)(Cc1ccccc1)NC(=O)COc1cccc2ccccc12. The van der Waals surface area contributed by atoms with Gasteiger partial charge < -0.3 is 10.1 Å². The largest absolute Gasteiger partial charge is 0.483 e. The number of nitrogens with one attached hydrogen (secondary N) is 1. The summed E-state index contributed by atoms with van der Waals surface area (Å²) in [5.41, 5.74) is 0.864. The van der Waals surface area contributed by atoms with Crippen LogP contribution in [-0.2, 0) is 11.2 Å².